The number of rotatable bonds is 4. The molecule has 5 nitrogen and oxygen atoms in total. The van der Waals surface area contributed by atoms with Crippen LogP contribution in [0.25, 0.3) is 22.1 Å². The average molecular weight is 412 g/mol. The first-order valence-electron chi connectivity index (χ1n) is 8.35. The van der Waals surface area contributed by atoms with Crippen molar-refractivity contribution in [3.8, 4) is 11.1 Å². The minimum atomic E-state index is -3.74. The van der Waals surface area contributed by atoms with E-state index in [2.05, 4.69) is 5.32 Å². The summed E-state index contributed by atoms with van der Waals surface area (Å²) in [4.78, 5) is 12.4. The Bertz CT molecular complexity index is 1230. The predicted molar refractivity (Wildman–Crippen MR) is 109 cm³/mol. The maximum absolute atomic E-state index is 12.4. The molecule has 0 saturated carbocycles. The monoisotopic (exact) mass is 411 g/mol. The first-order valence-corrected chi connectivity index (χ1v) is 10.7. The van der Waals surface area contributed by atoms with Crippen LogP contribution in [0.4, 0.5) is 5.69 Å². The van der Waals surface area contributed by atoms with Crippen molar-refractivity contribution in [2.75, 3.05) is 5.32 Å². The van der Waals surface area contributed by atoms with E-state index in [-0.39, 0.29) is 16.6 Å². The molecule has 0 saturated heterocycles. The van der Waals surface area contributed by atoms with Crippen LogP contribution in [0.5, 0.6) is 0 Å². The third-order valence-electron chi connectivity index (χ3n) is 4.26. The number of amides is 1. The first-order chi connectivity index (χ1) is 13.4. The zero-order valence-electron chi connectivity index (χ0n) is 14.4. The highest BCUT2D eigenvalue weighted by atomic mass is 35.7. The van der Waals surface area contributed by atoms with Gasteiger partial charge in [-0.15, -0.1) is 0 Å². The van der Waals surface area contributed by atoms with Gasteiger partial charge in [-0.25, -0.2) is 8.42 Å². The zero-order valence-corrected chi connectivity index (χ0v) is 16.0. The molecular formula is C21H14ClNO4S. The highest BCUT2D eigenvalue weighted by Crippen LogP contribution is 2.25. The van der Waals surface area contributed by atoms with Gasteiger partial charge in [0.15, 0.2) is 5.76 Å². The van der Waals surface area contributed by atoms with Gasteiger partial charge in [0.05, 0.1) is 4.90 Å². The highest BCUT2D eigenvalue weighted by molar-refractivity contribution is 8.13. The fourth-order valence-corrected chi connectivity index (χ4v) is 3.61. The van der Waals surface area contributed by atoms with Crippen molar-refractivity contribution in [2.45, 2.75) is 4.90 Å². The molecule has 4 rings (SSSR count). The molecule has 0 aliphatic heterocycles. The Labute approximate surface area is 166 Å². The fourth-order valence-electron chi connectivity index (χ4n) is 2.84. The minimum absolute atomic E-state index is 0.0487. The normalized spacial score (nSPS) is 11.5. The number of para-hydroxylation sites is 1. The molecule has 7 heteroatoms. The van der Waals surface area contributed by atoms with Gasteiger partial charge < -0.3 is 9.73 Å². The molecule has 28 heavy (non-hydrogen) atoms. The second-order valence-corrected chi connectivity index (χ2v) is 8.71. The number of benzene rings is 3. The average Bonchev–Trinajstić information content (AvgIpc) is 3.12. The SMILES string of the molecule is O=C(Nc1ccc(-c2ccc(S(=O)(=O)Cl)cc2)cc1)c1cc2ccccc2o1. The van der Waals surface area contributed by atoms with Gasteiger partial charge in [-0.2, -0.15) is 0 Å². The Morgan fingerprint density at radius 2 is 1.46 bits per heavy atom. The number of hydrogen-bond acceptors (Lipinski definition) is 4. The van der Waals surface area contributed by atoms with E-state index in [1.54, 1.807) is 30.3 Å². The van der Waals surface area contributed by atoms with Crippen molar-refractivity contribution in [2.24, 2.45) is 0 Å². The Morgan fingerprint density at radius 3 is 2.07 bits per heavy atom. The topological polar surface area (TPSA) is 76.4 Å². The summed E-state index contributed by atoms with van der Waals surface area (Å²) in [6.07, 6.45) is 0. The number of hydrogen-bond donors (Lipinski definition) is 1. The molecule has 0 aliphatic rings. The Morgan fingerprint density at radius 1 is 0.857 bits per heavy atom. The quantitative estimate of drug-likeness (QED) is 0.463. The molecule has 0 atom stereocenters. The van der Waals surface area contributed by atoms with E-state index in [0.717, 1.165) is 16.5 Å². The van der Waals surface area contributed by atoms with Crippen LogP contribution >= 0.6 is 10.7 Å². The second kappa shape index (κ2) is 7.14. The van der Waals surface area contributed by atoms with Gasteiger partial charge in [0, 0.05) is 21.8 Å². The van der Waals surface area contributed by atoms with Gasteiger partial charge >= 0.3 is 0 Å². The molecule has 1 N–H and O–H groups in total. The Hall–Kier alpha value is -3.09. The molecule has 3 aromatic carbocycles. The van der Waals surface area contributed by atoms with Gasteiger partial charge in [-0.05, 0) is 47.5 Å². The maximum Gasteiger partial charge on any atom is 0.291 e. The van der Waals surface area contributed by atoms with E-state index in [1.165, 1.54) is 12.1 Å². The van der Waals surface area contributed by atoms with Crippen LogP contribution in [0.2, 0.25) is 0 Å². The van der Waals surface area contributed by atoms with Crippen molar-refractivity contribution < 1.29 is 17.6 Å². The molecule has 0 fully saturated rings. The van der Waals surface area contributed by atoms with Crippen molar-refractivity contribution in [1.82, 2.24) is 0 Å². The van der Waals surface area contributed by atoms with E-state index in [4.69, 9.17) is 15.1 Å². The molecule has 0 radical (unpaired) electrons. The van der Waals surface area contributed by atoms with Crippen LogP contribution in [0, 0.1) is 0 Å². The second-order valence-electron chi connectivity index (χ2n) is 6.14. The van der Waals surface area contributed by atoms with Crippen LogP contribution in [-0.4, -0.2) is 14.3 Å². The summed E-state index contributed by atoms with van der Waals surface area (Å²) in [7, 11) is 1.58. The summed E-state index contributed by atoms with van der Waals surface area (Å²) in [5, 5.41) is 3.66. The summed E-state index contributed by atoms with van der Waals surface area (Å²) in [6, 6.07) is 22.6. The van der Waals surface area contributed by atoms with Crippen LogP contribution in [-0.2, 0) is 9.05 Å². The Balaban J connectivity index is 1.50. The number of carbonyl (C=O) groups excluding carboxylic acids is 1. The molecule has 0 spiro atoms. The van der Waals surface area contributed by atoms with Crippen LogP contribution in [0.3, 0.4) is 0 Å². The van der Waals surface area contributed by atoms with Crippen LogP contribution < -0.4 is 5.32 Å². The lowest BCUT2D eigenvalue weighted by Gasteiger charge is -2.06. The number of nitrogens with one attached hydrogen (secondary N) is 1. The smallest absolute Gasteiger partial charge is 0.291 e. The van der Waals surface area contributed by atoms with Gasteiger partial charge in [-0.3, -0.25) is 4.79 Å². The van der Waals surface area contributed by atoms with E-state index in [1.807, 2.05) is 36.4 Å². The standard InChI is InChI=1S/C21H14ClNO4S/c22-28(25,26)18-11-7-15(8-12-18)14-5-9-17(10-6-14)23-21(24)20-13-16-3-1-2-4-19(16)27-20/h1-13H,(H,23,24). The van der Waals surface area contributed by atoms with Crippen LogP contribution in [0.15, 0.2) is 88.2 Å². The number of carbonyl (C=O) groups is 1. The molecular weight excluding hydrogens is 398 g/mol. The van der Waals surface area contributed by atoms with E-state index >= 15 is 0 Å². The summed E-state index contributed by atoms with van der Waals surface area (Å²) < 4.78 is 28.2. The molecule has 1 aromatic heterocycles. The van der Waals surface area contributed by atoms with Gasteiger partial charge in [-0.1, -0.05) is 42.5 Å². The summed E-state index contributed by atoms with van der Waals surface area (Å²) in [5.41, 5.74) is 2.99. The lowest BCUT2D eigenvalue weighted by molar-refractivity contribution is 0.0998. The third kappa shape index (κ3) is 3.78. The zero-order chi connectivity index (χ0) is 19.7. The number of fused-ring (bicyclic) bond motifs is 1. The largest absolute Gasteiger partial charge is 0.451 e. The minimum Gasteiger partial charge on any atom is -0.451 e. The maximum atomic E-state index is 12.4. The van der Waals surface area contributed by atoms with E-state index < -0.39 is 9.05 Å². The molecule has 1 heterocycles. The molecule has 1 amide bonds. The highest BCUT2D eigenvalue weighted by Gasteiger charge is 2.13. The van der Waals surface area contributed by atoms with Crippen molar-refractivity contribution in [1.29, 1.82) is 0 Å². The molecule has 4 aromatic rings. The van der Waals surface area contributed by atoms with Gasteiger partial charge in [0.1, 0.15) is 5.58 Å². The fraction of sp³-hybridized carbons (Fsp3) is 0. The summed E-state index contributed by atoms with van der Waals surface area (Å²) in [6.45, 7) is 0. The van der Waals surface area contributed by atoms with Gasteiger partial charge in [0.25, 0.3) is 15.0 Å². The number of halogens is 1. The molecule has 0 bridgehead atoms. The number of furan rings is 1. The first kappa shape index (κ1) is 18.3. The lowest BCUT2D eigenvalue weighted by Crippen LogP contribution is -2.10. The van der Waals surface area contributed by atoms with Crippen molar-refractivity contribution in [3.05, 3.63) is 84.6 Å². The van der Waals surface area contributed by atoms with Crippen LogP contribution in [0.1, 0.15) is 10.6 Å². The predicted octanol–water partition coefficient (Wildman–Crippen LogP) is 5.28. The summed E-state index contributed by atoms with van der Waals surface area (Å²) in [5.74, 6) is -0.0937. The van der Waals surface area contributed by atoms with Gasteiger partial charge in [0.2, 0.25) is 0 Å². The molecule has 140 valence electrons. The van der Waals surface area contributed by atoms with Crippen molar-refractivity contribution in [3.63, 3.8) is 0 Å². The third-order valence-corrected chi connectivity index (χ3v) is 5.63. The molecule has 0 unspecified atom stereocenters. The lowest BCUT2D eigenvalue weighted by atomic mass is 10.1. The van der Waals surface area contributed by atoms with E-state index in [0.29, 0.717) is 11.3 Å². The molecule has 0 aliphatic carbocycles. The van der Waals surface area contributed by atoms with Crippen molar-refractivity contribution >= 4 is 42.3 Å². The van der Waals surface area contributed by atoms with E-state index in [9.17, 15) is 13.2 Å². The summed E-state index contributed by atoms with van der Waals surface area (Å²) >= 11 is 0. The Kier molecular flexibility index (Phi) is 4.66. The number of anilines is 1.